The van der Waals surface area contributed by atoms with Crippen LogP contribution in [0.25, 0.3) is 0 Å². The lowest BCUT2D eigenvalue weighted by Gasteiger charge is -2.21. The van der Waals surface area contributed by atoms with Crippen LogP contribution in [0.15, 0.2) is 23.1 Å². The number of carbonyl (C=O) groups is 1. The number of hydrogen-bond acceptors (Lipinski definition) is 5. The predicted molar refractivity (Wildman–Crippen MR) is 119 cm³/mol. The third kappa shape index (κ3) is 6.02. The maximum atomic E-state index is 13.0. The van der Waals surface area contributed by atoms with Crippen molar-refractivity contribution in [2.45, 2.75) is 65.2 Å². The summed E-state index contributed by atoms with van der Waals surface area (Å²) in [6.45, 7) is 11.0. The molecule has 1 aromatic carbocycles. The normalized spacial score (nSPS) is 11.5. The zero-order valence-electron chi connectivity index (χ0n) is 17.9. The van der Waals surface area contributed by atoms with E-state index in [2.05, 4.69) is 23.6 Å². The van der Waals surface area contributed by atoms with Crippen LogP contribution in [0.2, 0.25) is 0 Å². The van der Waals surface area contributed by atoms with Gasteiger partial charge in [0.05, 0.1) is 10.6 Å². The first kappa shape index (κ1) is 23.3. The third-order valence-electron chi connectivity index (χ3n) is 4.68. The Morgan fingerprint density at radius 1 is 1.10 bits per heavy atom. The summed E-state index contributed by atoms with van der Waals surface area (Å²) in [5, 5.41) is 0.219. The van der Waals surface area contributed by atoms with E-state index in [4.69, 9.17) is 0 Å². The number of nitrogens with one attached hydrogen (secondary N) is 1. The second-order valence-electron chi connectivity index (χ2n) is 7.31. The Bertz CT molecular complexity index is 944. The number of hydrogen-bond donors (Lipinski definition) is 1. The number of aromatic nitrogens is 1. The zero-order valence-corrected chi connectivity index (χ0v) is 19.5. The molecule has 0 fully saturated rings. The molecular formula is C21H31N3O3S2. The third-order valence-corrected chi connectivity index (χ3v) is 7.37. The van der Waals surface area contributed by atoms with Crippen LogP contribution in [0.3, 0.4) is 0 Å². The van der Waals surface area contributed by atoms with Gasteiger partial charge in [-0.1, -0.05) is 55.7 Å². The van der Waals surface area contributed by atoms with Crippen LogP contribution in [-0.2, 0) is 10.0 Å². The minimum Gasteiger partial charge on any atom is -0.338 e. The summed E-state index contributed by atoms with van der Waals surface area (Å²) in [5.41, 5.74) is 2.22. The lowest BCUT2D eigenvalue weighted by Crippen LogP contribution is -2.32. The van der Waals surface area contributed by atoms with Crippen molar-refractivity contribution in [1.29, 1.82) is 0 Å². The fraction of sp³-hybridized carbons (Fsp3) is 0.524. The van der Waals surface area contributed by atoms with Crippen LogP contribution in [0.5, 0.6) is 0 Å². The molecule has 0 radical (unpaired) electrons. The van der Waals surface area contributed by atoms with E-state index in [1.165, 1.54) is 0 Å². The highest BCUT2D eigenvalue weighted by Crippen LogP contribution is 2.27. The van der Waals surface area contributed by atoms with Gasteiger partial charge in [-0.15, -0.1) is 0 Å². The fourth-order valence-corrected chi connectivity index (χ4v) is 5.46. The Balaban J connectivity index is 2.25. The number of amides is 1. The number of sulfonamides is 1. The molecule has 0 saturated heterocycles. The molecule has 0 atom stereocenters. The number of benzene rings is 1. The van der Waals surface area contributed by atoms with Crippen molar-refractivity contribution in [3.8, 4) is 0 Å². The van der Waals surface area contributed by atoms with Gasteiger partial charge in [-0.2, -0.15) is 0 Å². The Kier molecular flexibility index (Phi) is 8.22. The van der Waals surface area contributed by atoms with Gasteiger partial charge in [0, 0.05) is 13.1 Å². The number of thiazole rings is 1. The van der Waals surface area contributed by atoms with E-state index in [0.29, 0.717) is 29.2 Å². The van der Waals surface area contributed by atoms with Crippen molar-refractivity contribution in [2.75, 3.05) is 17.8 Å². The van der Waals surface area contributed by atoms with Crippen LogP contribution in [-0.4, -0.2) is 37.3 Å². The Hall–Kier alpha value is -1.93. The number of anilines is 1. The summed E-state index contributed by atoms with van der Waals surface area (Å²) in [5.74, 6) is -0.0705. The van der Waals surface area contributed by atoms with E-state index < -0.39 is 10.0 Å². The van der Waals surface area contributed by atoms with E-state index in [1.807, 2.05) is 17.9 Å². The molecule has 0 spiro atoms. The molecule has 0 aliphatic rings. The lowest BCUT2D eigenvalue weighted by molar-refractivity contribution is 0.0755. The molecule has 1 aromatic heterocycles. The largest absolute Gasteiger partial charge is 0.338 e. The molecule has 8 heteroatoms. The van der Waals surface area contributed by atoms with Crippen molar-refractivity contribution in [1.82, 2.24) is 9.88 Å². The van der Waals surface area contributed by atoms with E-state index in [0.717, 1.165) is 42.6 Å². The highest BCUT2D eigenvalue weighted by Gasteiger charge is 2.24. The van der Waals surface area contributed by atoms with Crippen molar-refractivity contribution in [2.24, 2.45) is 0 Å². The smallest absolute Gasteiger partial charge is 0.265 e. The molecule has 1 N–H and O–H groups in total. The van der Waals surface area contributed by atoms with Crippen LogP contribution in [0.1, 0.15) is 66.0 Å². The standard InChI is InChI=1S/C21H31N3O3S2/c1-6-8-12-24(13-9-7-2)20(25)19-17(5)22-21(28-19)23-29(26,27)18-11-10-15(3)14-16(18)4/h10-11,14H,6-9,12-13H2,1-5H3,(H,22,23). The average molecular weight is 438 g/mol. The molecule has 2 aromatic rings. The minimum atomic E-state index is -3.77. The molecule has 0 bridgehead atoms. The molecular weight excluding hydrogens is 406 g/mol. The van der Waals surface area contributed by atoms with Gasteiger partial charge in [0.1, 0.15) is 4.88 Å². The quantitative estimate of drug-likeness (QED) is 0.573. The predicted octanol–water partition coefficient (Wildman–Crippen LogP) is 4.91. The van der Waals surface area contributed by atoms with E-state index in [-0.39, 0.29) is 15.9 Å². The molecule has 1 amide bonds. The molecule has 160 valence electrons. The molecule has 0 aliphatic carbocycles. The maximum Gasteiger partial charge on any atom is 0.265 e. The molecule has 29 heavy (non-hydrogen) atoms. The summed E-state index contributed by atoms with van der Waals surface area (Å²) in [7, 11) is -3.77. The van der Waals surface area contributed by atoms with E-state index >= 15 is 0 Å². The van der Waals surface area contributed by atoms with Gasteiger partial charge < -0.3 is 4.90 Å². The summed E-state index contributed by atoms with van der Waals surface area (Å²) >= 11 is 1.10. The van der Waals surface area contributed by atoms with Crippen LogP contribution in [0.4, 0.5) is 5.13 Å². The van der Waals surface area contributed by atoms with Crippen molar-refractivity contribution >= 4 is 32.4 Å². The SMILES string of the molecule is CCCCN(CCCC)C(=O)c1sc(NS(=O)(=O)c2ccc(C)cc2C)nc1C. The Morgan fingerprint density at radius 3 is 2.28 bits per heavy atom. The molecule has 2 rings (SSSR count). The minimum absolute atomic E-state index is 0.0705. The first-order valence-corrected chi connectivity index (χ1v) is 12.4. The molecule has 0 aliphatic heterocycles. The van der Waals surface area contributed by atoms with E-state index in [9.17, 15) is 13.2 Å². The zero-order chi connectivity index (χ0) is 21.6. The molecule has 0 unspecified atom stereocenters. The summed E-state index contributed by atoms with van der Waals surface area (Å²) in [4.78, 5) is 19.9. The van der Waals surface area contributed by atoms with Crippen LogP contribution in [0, 0.1) is 20.8 Å². The van der Waals surface area contributed by atoms with Gasteiger partial charge in [-0.25, -0.2) is 13.4 Å². The van der Waals surface area contributed by atoms with Crippen LogP contribution >= 0.6 is 11.3 Å². The summed E-state index contributed by atoms with van der Waals surface area (Å²) < 4.78 is 28.1. The number of nitrogens with zero attached hydrogens (tertiary/aromatic N) is 2. The highest BCUT2D eigenvalue weighted by atomic mass is 32.2. The molecule has 0 saturated carbocycles. The van der Waals surface area contributed by atoms with Gasteiger partial charge in [-0.05, 0) is 45.2 Å². The van der Waals surface area contributed by atoms with Crippen molar-refractivity contribution in [3.63, 3.8) is 0 Å². The van der Waals surface area contributed by atoms with E-state index in [1.54, 1.807) is 26.0 Å². The highest BCUT2D eigenvalue weighted by molar-refractivity contribution is 7.93. The van der Waals surface area contributed by atoms with Gasteiger partial charge in [0.25, 0.3) is 15.9 Å². The monoisotopic (exact) mass is 437 g/mol. The Morgan fingerprint density at radius 2 is 1.72 bits per heavy atom. The second kappa shape index (κ2) is 10.2. The fourth-order valence-electron chi connectivity index (χ4n) is 3.07. The number of aryl methyl sites for hydroxylation is 3. The Labute approximate surface area is 178 Å². The van der Waals surface area contributed by atoms with Crippen LogP contribution < -0.4 is 4.72 Å². The van der Waals surface area contributed by atoms with Gasteiger partial charge in [0.15, 0.2) is 5.13 Å². The number of unbranched alkanes of at least 4 members (excludes halogenated alkanes) is 2. The summed E-state index contributed by atoms with van der Waals surface area (Å²) in [6, 6.07) is 5.19. The first-order valence-electron chi connectivity index (χ1n) is 10.1. The lowest BCUT2D eigenvalue weighted by atomic mass is 10.2. The molecule has 1 heterocycles. The number of carbonyl (C=O) groups excluding carboxylic acids is 1. The van der Waals surface area contributed by atoms with Gasteiger partial charge >= 0.3 is 0 Å². The second-order valence-corrected chi connectivity index (χ2v) is 9.96. The van der Waals surface area contributed by atoms with Crippen molar-refractivity contribution < 1.29 is 13.2 Å². The molecule has 6 nitrogen and oxygen atoms in total. The first-order chi connectivity index (χ1) is 13.7. The van der Waals surface area contributed by atoms with Gasteiger partial charge in [-0.3, -0.25) is 9.52 Å². The topological polar surface area (TPSA) is 79.4 Å². The summed E-state index contributed by atoms with van der Waals surface area (Å²) in [6.07, 6.45) is 3.91. The number of rotatable bonds is 10. The van der Waals surface area contributed by atoms with Crippen molar-refractivity contribution in [3.05, 3.63) is 39.9 Å². The van der Waals surface area contributed by atoms with Gasteiger partial charge in [0.2, 0.25) is 0 Å². The maximum absolute atomic E-state index is 13.0. The average Bonchev–Trinajstić information content (AvgIpc) is 3.00.